The van der Waals surface area contributed by atoms with Crippen molar-refractivity contribution < 1.29 is 4.39 Å². The van der Waals surface area contributed by atoms with Crippen LogP contribution in [0.4, 0.5) is 4.39 Å². The van der Waals surface area contributed by atoms with Crippen LogP contribution in [0, 0.1) is 5.82 Å². The molecule has 3 heteroatoms. The van der Waals surface area contributed by atoms with Gasteiger partial charge >= 0.3 is 0 Å². The van der Waals surface area contributed by atoms with Gasteiger partial charge in [0.05, 0.1) is 0 Å². The molecule has 20 heavy (non-hydrogen) atoms. The van der Waals surface area contributed by atoms with Crippen molar-refractivity contribution in [2.24, 2.45) is 0 Å². The molecule has 0 aromatic heterocycles. The Hall–Kier alpha value is -1.32. The molecule has 0 heterocycles. The van der Waals surface area contributed by atoms with E-state index in [4.69, 9.17) is 0 Å². The predicted octanol–water partition coefficient (Wildman–Crippen LogP) is 4.31. The van der Waals surface area contributed by atoms with Crippen LogP contribution in [0.1, 0.15) is 17.9 Å². The normalized spacial score (nSPS) is 12.3. The average molecular weight is 289 g/mol. The van der Waals surface area contributed by atoms with Crippen LogP contribution in [0.15, 0.2) is 59.5 Å². The number of halogens is 1. The van der Waals surface area contributed by atoms with Gasteiger partial charge in [-0.25, -0.2) is 4.39 Å². The zero-order chi connectivity index (χ0) is 14.2. The Labute approximate surface area is 124 Å². The lowest BCUT2D eigenvalue weighted by Gasteiger charge is -2.17. The number of hydrogen-bond acceptors (Lipinski definition) is 2. The van der Waals surface area contributed by atoms with E-state index < -0.39 is 0 Å². The van der Waals surface area contributed by atoms with Gasteiger partial charge in [0, 0.05) is 17.4 Å². The Bertz CT molecular complexity index is 515. The molecule has 0 radical (unpaired) electrons. The summed E-state index contributed by atoms with van der Waals surface area (Å²) in [6.07, 6.45) is 0.960. The van der Waals surface area contributed by atoms with Crippen molar-refractivity contribution in [3.63, 3.8) is 0 Å². The highest BCUT2D eigenvalue weighted by atomic mass is 32.2. The van der Waals surface area contributed by atoms with Crippen LogP contribution in [-0.4, -0.2) is 19.3 Å². The van der Waals surface area contributed by atoms with Crippen LogP contribution in [0.3, 0.4) is 0 Å². The van der Waals surface area contributed by atoms with E-state index >= 15 is 0 Å². The van der Waals surface area contributed by atoms with Gasteiger partial charge in [-0.1, -0.05) is 36.4 Å². The summed E-state index contributed by atoms with van der Waals surface area (Å²) >= 11 is 1.82. The van der Waals surface area contributed by atoms with Gasteiger partial charge in [-0.15, -0.1) is 11.8 Å². The molecule has 0 fully saturated rings. The van der Waals surface area contributed by atoms with Crippen LogP contribution in [-0.2, 0) is 0 Å². The van der Waals surface area contributed by atoms with Crippen molar-refractivity contribution >= 4 is 11.8 Å². The first-order valence-corrected chi connectivity index (χ1v) is 7.86. The van der Waals surface area contributed by atoms with E-state index in [0.717, 1.165) is 24.3 Å². The Balaban J connectivity index is 1.95. The van der Waals surface area contributed by atoms with Crippen LogP contribution < -0.4 is 5.32 Å². The Morgan fingerprint density at radius 2 is 1.75 bits per heavy atom. The highest BCUT2D eigenvalue weighted by molar-refractivity contribution is 7.99. The van der Waals surface area contributed by atoms with Crippen molar-refractivity contribution in [1.29, 1.82) is 0 Å². The van der Waals surface area contributed by atoms with Crippen molar-refractivity contribution in [2.75, 3.05) is 19.3 Å². The van der Waals surface area contributed by atoms with Crippen LogP contribution in [0.2, 0.25) is 0 Å². The van der Waals surface area contributed by atoms with Gasteiger partial charge in [-0.3, -0.25) is 0 Å². The van der Waals surface area contributed by atoms with Crippen LogP contribution >= 0.6 is 11.8 Å². The lowest BCUT2D eigenvalue weighted by molar-refractivity contribution is 0.551. The highest BCUT2D eigenvalue weighted by Gasteiger charge is 2.14. The maximum Gasteiger partial charge on any atom is 0.126 e. The third-order valence-electron chi connectivity index (χ3n) is 3.27. The first kappa shape index (κ1) is 15.1. The number of thioether (sulfide) groups is 1. The summed E-state index contributed by atoms with van der Waals surface area (Å²) < 4.78 is 13.9. The molecule has 0 spiro atoms. The van der Waals surface area contributed by atoms with E-state index in [2.05, 4.69) is 17.4 Å². The summed E-state index contributed by atoms with van der Waals surface area (Å²) in [6, 6.07) is 17.4. The first-order chi connectivity index (χ1) is 9.81. The van der Waals surface area contributed by atoms with E-state index in [-0.39, 0.29) is 11.7 Å². The topological polar surface area (TPSA) is 12.0 Å². The largest absolute Gasteiger partial charge is 0.319 e. The summed E-state index contributed by atoms with van der Waals surface area (Å²) in [5.41, 5.74) is 0.815. The van der Waals surface area contributed by atoms with E-state index in [9.17, 15) is 4.39 Å². The molecular formula is C17H20FNS. The lowest BCUT2D eigenvalue weighted by Crippen LogP contribution is -2.18. The quantitative estimate of drug-likeness (QED) is 0.762. The second kappa shape index (κ2) is 8.08. The Kier molecular flexibility index (Phi) is 6.09. The van der Waals surface area contributed by atoms with Gasteiger partial charge in [-0.2, -0.15) is 0 Å². The van der Waals surface area contributed by atoms with Gasteiger partial charge in [0.15, 0.2) is 0 Å². The van der Waals surface area contributed by atoms with Gasteiger partial charge in [0.1, 0.15) is 5.82 Å². The maximum absolute atomic E-state index is 13.9. The molecule has 0 aliphatic rings. The van der Waals surface area contributed by atoms with Gasteiger partial charge in [0.2, 0.25) is 0 Å². The Morgan fingerprint density at radius 3 is 2.45 bits per heavy atom. The third-order valence-corrected chi connectivity index (χ3v) is 4.32. The second-order valence-corrected chi connectivity index (χ2v) is 5.89. The molecule has 1 atom stereocenters. The standard InChI is InChI=1S/C17H20FNS/c1-19-13-14(16-9-5-6-10-17(16)18)11-12-20-15-7-3-2-4-8-15/h2-10,14,19H,11-13H2,1H3. The van der Waals surface area contributed by atoms with Crippen LogP contribution in [0.5, 0.6) is 0 Å². The molecule has 0 aliphatic carbocycles. The average Bonchev–Trinajstić information content (AvgIpc) is 2.48. The SMILES string of the molecule is CNCC(CCSc1ccccc1)c1ccccc1F. The fourth-order valence-electron chi connectivity index (χ4n) is 2.26. The lowest BCUT2D eigenvalue weighted by atomic mass is 9.96. The summed E-state index contributed by atoms with van der Waals surface area (Å²) in [5.74, 6) is 1.11. The van der Waals surface area contributed by atoms with Gasteiger partial charge in [0.25, 0.3) is 0 Å². The molecule has 0 bridgehead atoms. The number of hydrogen-bond donors (Lipinski definition) is 1. The van der Waals surface area contributed by atoms with Crippen molar-refractivity contribution in [3.05, 3.63) is 66.0 Å². The number of nitrogens with one attached hydrogen (secondary N) is 1. The molecular weight excluding hydrogens is 269 g/mol. The van der Waals surface area contributed by atoms with E-state index in [0.29, 0.717) is 0 Å². The van der Waals surface area contributed by atoms with Crippen LogP contribution in [0.25, 0.3) is 0 Å². The molecule has 0 saturated heterocycles. The van der Waals surface area contributed by atoms with E-state index in [1.54, 1.807) is 12.1 Å². The van der Waals surface area contributed by atoms with Crippen molar-refractivity contribution in [3.8, 4) is 0 Å². The van der Waals surface area contributed by atoms with Crippen molar-refractivity contribution in [1.82, 2.24) is 5.32 Å². The molecule has 2 aromatic rings. The minimum Gasteiger partial charge on any atom is -0.319 e. The zero-order valence-corrected chi connectivity index (χ0v) is 12.5. The number of rotatable bonds is 7. The summed E-state index contributed by atoms with van der Waals surface area (Å²) in [4.78, 5) is 1.27. The summed E-state index contributed by atoms with van der Waals surface area (Å²) in [7, 11) is 1.91. The molecule has 0 amide bonds. The fraction of sp³-hybridized carbons (Fsp3) is 0.294. The third kappa shape index (κ3) is 4.36. The first-order valence-electron chi connectivity index (χ1n) is 6.88. The van der Waals surface area contributed by atoms with Crippen molar-refractivity contribution in [2.45, 2.75) is 17.2 Å². The molecule has 106 valence electrons. The molecule has 1 unspecified atom stereocenters. The summed E-state index contributed by atoms with van der Waals surface area (Å²) in [6.45, 7) is 0.802. The minimum absolute atomic E-state index is 0.0996. The molecule has 2 aromatic carbocycles. The Morgan fingerprint density at radius 1 is 1.05 bits per heavy atom. The summed E-state index contributed by atoms with van der Waals surface area (Å²) in [5, 5.41) is 3.17. The minimum atomic E-state index is -0.0996. The fourth-order valence-corrected chi connectivity index (χ4v) is 3.24. The smallest absolute Gasteiger partial charge is 0.126 e. The second-order valence-electron chi connectivity index (χ2n) is 4.73. The highest BCUT2D eigenvalue weighted by Crippen LogP contribution is 2.26. The van der Waals surface area contributed by atoms with E-state index in [1.807, 2.05) is 49.1 Å². The predicted molar refractivity (Wildman–Crippen MR) is 84.9 cm³/mol. The van der Waals surface area contributed by atoms with Gasteiger partial charge in [-0.05, 0) is 43.0 Å². The molecule has 1 nitrogen and oxygen atoms in total. The number of benzene rings is 2. The molecule has 1 N–H and O–H groups in total. The van der Waals surface area contributed by atoms with E-state index in [1.165, 1.54) is 4.90 Å². The zero-order valence-electron chi connectivity index (χ0n) is 11.7. The molecule has 0 aliphatic heterocycles. The molecule has 2 rings (SSSR count). The maximum atomic E-state index is 13.9. The number of likely N-dealkylation sites (N-methyl/N-ethyl adjacent to an activating group) is 1. The molecule has 0 saturated carbocycles. The van der Waals surface area contributed by atoms with Gasteiger partial charge < -0.3 is 5.32 Å². The monoisotopic (exact) mass is 289 g/mol.